The fourth-order valence-corrected chi connectivity index (χ4v) is 4.49. The van der Waals surface area contributed by atoms with Crippen LogP contribution in [0.15, 0.2) is 42.5 Å². The minimum Gasteiger partial charge on any atom is -0.492 e. The summed E-state index contributed by atoms with van der Waals surface area (Å²) in [4.78, 5) is 12.9. The van der Waals surface area contributed by atoms with Crippen LogP contribution in [0.5, 0.6) is 5.75 Å². The van der Waals surface area contributed by atoms with Gasteiger partial charge in [0.25, 0.3) is 0 Å². The van der Waals surface area contributed by atoms with E-state index in [4.69, 9.17) is 27.9 Å². The van der Waals surface area contributed by atoms with Crippen LogP contribution in [-0.2, 0) is 19.4 Å². The van der Waals surface area contributed by atoms with Gasteiger partial charge in [0.2, 0.25) is 0 Å². The van der Waals surface area contributed by atoms with Gasteiger partial charge in [-0.05, 0) is 36.2 Å². The largest absolute Gasteiger partial charge is 0.492 e. The summed E-state index contributed by atoms with van der Waals surface area (Å²) in [5.74, 6) is 0.816. The number of aromatic nitrogens is 1. The minimum absolute atomic E-state index is 0.462. The van der Waals surface area contributed by atoms with Gasteiger partial charge in [-0.1, -0.05) is 41.4 Å². The molecule has 2 aromatic carbocycles. The summed E-state index contributed by atoms with van der Waals surface area (Å²) in [7, 11) is 0. The molecule has 146 valence electrons. The third-order valence-corrected chi connectivity index (χ3v) is 5.65. The zero-order chi connectivity index (χ0) is 19.7. The molecule has 4 rings (SSSR count). The summed E-state index contributed by atoms with van der Waals surface area (Å²) < 4.78 is 8.04. The summed E-state index contributed by atoms with van der Waals surface area (Å²) in [6.45, 7) is 2.03. The Labute approximate surface area is 173 Å². The average molecular weight is 419 g/mol. The van der Waals surface area contributed by atoms with Crippen LogP contribution in [0, 0.1) is 0 Å². The Hall–Kier alpha value is -2.37. The first kappa shape index (κ1) is 19.0. The summed E-state index contributed by atoms with van der Waals surface area (Å²) in [6.07, 6.45) is 0.390. The molecule has 1 aromatic heterocycles. The summed E-state index contributed by atoms with van der Waals surface area (Å²) in [6, 6.07) is 13.3. The first-order valence-corrected chi connectivity index (χ1v) is 9.95. The standard InChI is InChI=1S/C21H20Cl2N2O3/c22-14-12-17-16-6-8-24(21(26)27)9-7-19(16)25(20(17)18(23)13-14)10-11-28-15-4-2-1-3-5-15/h1-5,12-13H,6-11H2,(H,26,27). The second kappa shape index (κ2) is 7.94. The van der Waals surface area contributed by atoms with Crippen LogP contribution in [0.25, 0.3) is 10.9 Å². The molecule has 5 nitrogen and oxygen atoms in total. The quantitative estimate of drug-likeness (QED) is 0.640. The Morgan fingerprint density at radius 3 is 2.61 bits per heavy atom. The number of benzene rings is 2. The van der Waals surface area contributed by atoms with Crippen molar-refractivity contribution in [2.24, 2.45) is 0 Å². The lowest BCUT2D eigenvalue weighted by atomic mass is 10.1. The molecule has 1 aliphatic rings. The number of nitrogens with zero attached hydrogens (tertiary/aromatic N) is 2. The molecule has 0 aliphatic carbocycles. The van der Waals surface area contributed by atoms with Crippen molar-refractivity contribution in [3.8, 4) is 5.75 Å². The van der Waals surface area contributed by atoms with E-state index in [0.29, 0.717) is 49.1 Å². The molecule has 0 unspecified atom stereocenters. The molecule has 0 radical (unpaired) electrons. The Kier molecular flexibility index (Phi) is 5.38. The molecule has 28 heavy (non-hydrogen) atoms. The van der Waals surface area contributed by atoms with Crippen molar-refractivity contribution in [2.75, 3.05) is 19.7 Å². The van der Waals surface area contributed by atoms with Gasteiger partial charge in [0.15, 0.2) is 0 Å². The van der Waals surface area contributed by atoms with Crippen LogP contribution in [-0.4, -0.2) is 40.4 Å². The van der Waals surface area contributed by atoms with Crippen molar-refractivity contribution in [1.82, 2.24) is 9.47 Å². The van der Waals surface area contributed by atoms with Gasteiger partial charge < -0.3 is 19.3 Å². The van der Waals surface area contributed by atoms with E-state index in [2.05, 4.69) is 4.57 Å². The van der Waals surface area contributed by atoms with E-state index in [9.17, 15) is 9.90 Å². The molecule has 1 aliphatic heterocycles. The van der Waals surface area contributed by atoms with Crippen molar-refractivity contribution in [2.45, 2.75) is 19.4 Å². The summed E-state index contributed by atoms with van der Waals surface area (Å²) in [5, 5.41) is 11.6. The lowest BCUT2D eigenvalue weighted by Gasteiger charge is -2.17. The number of carboxylic acid groups (broad SMARTS) is 1. The third-order valence-electron chi connectivity index (χ3n) is 5.14. The third kappa shape index (κ3) is 3.64. The molecule has 0 atom stereocenters. The van der Waals surface area contributed by atoms with E-state index in [1.165, 1.54) is 4.90 Å². The smallest absolute Gasteiger partial charge is 0.407 e. The molecule has 3 aromatic rings. The zero-order valence-electron chi connectivity index (χ0n) is 15.2. The van der Waals surface area contributed by atoms with Crippen molar-refractivity contribution in [3.63, 3.8) is 0 Å². The molecule has 1 N–H and O–H groups in total. The number of rotatable bonds is 4. The first-order chi connectivity index (χ1) is 13.5. The molecular weight excluding hydrogens is 399 g/mol. The van der Waals surface area contributed by atoms with Crippen LogP contribution in [0.3, 0.4) is 0 Å². The van der Waals surface area contributed by atoms with Crippen molar-refractivity contribution in [3.05, 3.63) is 63.8 Å². The molecule has 0 fully saturated rings. The molecule has 7 heteroatoms. The molecule has 0 saturated carbocycles. The second-order valence-corrected chi connectivity index (χ2v) is 7.64. The van der Waals surface area contributed by atoms with Crippen molar-refractivity contribution < 1.29 is 14.6 Å². The maximum absolute atomic E-state index is 11.4. The van der Waals surface area contributed by atoms with Gasteiger partial charge >= 0.3 is 6.09 Å². The highest BCUT2D eigenvalue weighted by Gasteiger charge is 2.25. The van der Waals surface area contributed by atoms with E-state index in [0.717, 1.165) is 27.9 Å². The molecule has 0 saturated heterocycles. The Balaban J connectivity index is 1.69. The van der Waals surface area contributed by atoms with Crippen LogP contribution in [0.2, 0.25) is 10.0 Å². The van der Waals surface area contributed by atoms with Gasteiger partial charge in [0.05, 0.1) is 17.1 Å². The Bertz CT molecular complexity index is 1020. The molecule has 2 heterocycles. The van der Waals surface area contributed by atoms with Gasteiger partial charge in [0, 0.05) is 35.6 Å². The Morgan fingerprint density at radius 1 is 1.11 bits per heavy atom. The lowest BCUT2D eigenvalue weighted by molar-refractivity contribution is 0.147. The number of para-hydroxylation sites is 1. The number of amides is 1. The molecule has 0 spiro atoms. The predicted octanol–water partition coefficient (Wildman–Crippen LogP) is 5.11. The topological polar surface area (TPSA) is 54.7 Å². The fourth-order valence-electron chi connectivity index (χ4n) is 3.90. The van der Waals surface area contributed by atoms with E-state index >= 15 is 0 Å². The fraction of sp³-hybridized carbons (Fsp3) is 0.286. The Morgan fingerprint density at radius 2 is 1.86 bits per heavy atom. The van der Waals surface area contributed by atoms with Crippen LogP contribution < -0.4 is 4.74 Å². The number of ether oxygens (including phenoxy) is 1. The first-order valence-electron chi connectivity index (χ1n) is 9.19. The number of fused-ring (bicyclic) bond motifs is 3. The van der Waals surface area contributed by atoms with Crippen molar-refractivity contribution in [1.29, 1.82) is 0 Å². The van der Waals surface area contributed by atoms with Crippen molar-refractivity contribution >= 4 is 40.2 Å². The molecular formula is C21H20Cl2N2O3. The summed E-state index contributed by atoms with van der Waals surface area (Å²) in [5.41, 5.74) is 3.18. The number of halogens is 2. The van der Waals surface area contributed by atoms with E-state index in [1.54, 1.807) is 6.07 Å². The van der Waals surface area contributed by atoms with Gasteiger partial charge in [-0.25, -0.2) is 4.79 Å². The zero-order valence-corrected chi connectivity index (χ0v) is 16.7. The highest BCUT2D eigenvalue weighted by molar-refractivity contribution is 6.38. The highest BCUT2D eigenvalue weighted by Crippen LogP contribution is 2.36. The predicted molar refractivity (Wildman–Crippen MR) is 111 cm³/mol. The summed E-state index contributed by atoms with van der Waals surface area (Å²) >= 11 is 12.8. The monoisotopic (exact) mass is 418 g/mol. The van der Waals surface area contributed by atoms with Gasteiger partial charge in [-0.2, -0.15) is 0 Å². The number of hydrogen-bond donors (Lipinski definition) is 1. The van der Waals surface area contributed by atoms with Gasteiger partial charge in [-0.15, -0.1) is 0 Å². The maximum atomic E-state index is 11.4. The van der Waals surface area contributed by atoms with E-state index < -0.39 is 6.09 Å². The molecule has 0 bridgehead atoms. The SMILES string of the molecule is O=C(O)N1CCc2c(n(CCOc3ccccc3)c3c(Cl)cc(Cl)cc23)CC1. The number of hydrogen-bond acceptors (Lipinski definition) is 2. The molecule has 1 amide bonds. The maximum Gasteiger partial charge on any atom is 0.407 e. The van der Waals surface area contributed by atoms with E-state index in [1.807, 2.05) is 36.4 Å². The van der Waals surface area contributed by atoms with Gasteiger partial charge in [0.1, 0.15) is 12.4 Å². The van der Waals surface area contributed by atoms with Crippen LogP contribution in [0.1, 0.15) is 11.3 Å². The van der Waals surface area contributed by atoms with E-state index in [-0.39, 0.29) is 0 Å². The lowest BCUT2D eigenvalue weighted by Crippen LogP contribution is -2.31. The van der Waals surface area contributed by atoms with Crippen LogP contribution >= 0.6 is 23.2 Å². The van der Waals surface area contributed by atoms with Crippen LogP contribution in [0.4, 0.5) is 4.79 Å². The number of carbonyl (C=O) groups is 1. The van der Waals surface area contributed by atoms with Gasteiger partial charge in [-0.3, -0.25) is 0 Å². The normalized spacial score (nSPS) is 14.0. The average Bonchev–Trinajstić information content (AvgIpc) is 2.82. The second-order valence-electron chi connectivity index (χ2n) is 6.79. The minimum atomic E-state index is -0.885. The highest BCUT2D eigenvalue weighted by atomic mass is 35.5.